The third kappa shape index (κ3) is 3.08. The highest BCUT2D eigenvalue weighted by Gasteiger charge is 2.47. The zero-order valence-corrected chi connectivity index (χ0v) is 14.9. The first-order chi connectivity index (χ1) is 11.0. The minimum atomic E-state index is 0.177. The average Bonchev–Trinajstić information content (AvgIpc) is 2.66. The van der Waals surface area contributed by atoms with Crippen molar-refractivity contribution in [3.8, 4) is 0 Å². The number of fused-ring (bicyclic) bond motifs is 3. The molecule has 4 heteroatoms. The van der Waals surface area contributed by atoms with Crippen LogP contribution in [0, 0.1) is 11.8 Å². The smallest absolute Gasteiger partial charge is 0.0867 e. The van der Waals surface area contributed by atoms with E-state index < -0.39 is 0 Å². The minimum Gasteiger partial charge on any atom is -0.372 e. The van der Waals surface area contributed by atoms with Crippen LogP contribution in [0.2, 0.25) is 0 Å². The number of hydrogen-bond acceptors (Lipinski definition) is 4. The predicted octanol–water partition coefficient (Wildman–Crippen LogP) is 3.32. The van der Waals surface area contributed by atoms with Crippen LogP contribution < -0.4 is 0 Å². The van der Waals surface area contributed by atoms with Crippen molar-refractivity contribution in [3.05, 3.63) is 0 Å². The van der Waals surface area contributed by atoms with Crippen LogP contribution in [0.25, 0.3) is 0 Å². The maximum absolute atomic E-state index is 6.52. The van der Waals surface area contributed by atoms with Gasteiger partial charge in [-0.25, -0.2) is 0 Å². The lowest BCUT2D eigenvalue weighted by Gasteiger charge is -2.47. The van der Waals surface area contributed by atoms with Crippen molar-refractivity contribution >= 4 is 0 Å². The van der Waals surface area contributed by atoms with Gasteiger partial charge < -0.3 is 18.9 Å². The van der Waals surface area contributed by atoms with Crippen molar-refractivity contribution in [2.75, 3.05) is 0 Å². The fourth-order valence-electron chi connectivity index (χ4n) is 4.81. The molecule has 4 aliphatic heterocycles. The molecule has 0 spiro atoms. The number of ether oxygens (including phenoxy) is 4. The zero-order valence-electron chi connectivity index (χ0n) is 14.9. The van der Waals surface area contributed by atoms with Crippen molar-refractivity contribution in [3.63, 3.8) is 0 Å². The molecule has 0 unspecified atom stereocenters. The topological polar surface area (TPSA) is 36.9 Å². The predicted molar refractivity (Wildman–Crippen MR) is 87.4 cm³/mol. The third-order valence-electron chi connectivity index (χ3n) is 6.73. The van der Waals surface area contributed by atoms with E-state index in [0.717, 1.165) is 32.1 Å². The summed E-state index contributed by atoms with van der Waals surface area (Å²) >= 11 is 0. The Kier molecular flexibility index (Phi) is 4.46. The minimum absolute atomic E-state index is 0.177. The summed E-state index contributed by atoms with van der Waals surface area (Å²) in [6.45, 7) is 8.92. The van der Waals surface area contributed by atoms with Gasteiger partial charge in [-0.3, -0.25) is 0 Å². The van der Waals surface area contributed by atoms with Crippen molar-refractivity contribution < 1.29 is 18.9 Å². The molecule has 0 saturated carbocycles. The van der Waals surface area contributed by atoms with Crippen LogP contribution in [0.3, 0.4) is 0 Å². The van der Waals surface area contributed by atoms with Gasteiger partial charge in [-0.2, -0.15) is 0 Å². The molecule has 4 heterocycles. The van der Waals surface area contributed by atoms with Gasteiger partial charge in [-0.15, -0.1) is 0 Å². The molecule has 23 heavy (non-hydrogen) atoms. The molecule has 0 aromatic carbocycles. The first-order valence-electron chi connectivity index (χ1n) is 9.63. The Balaban J connectivity index is 1.46. The monoisotopic (exact) mass is 324 g/mol. The largest absolute Gasteiger partial charge is 0.372 e. The second-order valence-corrected chi connectivity index (χ2v) is 8.42. The maximum Gasteiger partial charge on any atom is 0.0867 e. The van der Waals surface area contributed by atoms with Gasteiger partial charge in [0.2, 0.25) is 0 Å². The molecule has 0 radical (unpaired) electrons. The van der Waals surface area contributed by atoms with E-state index in [9.17, 15) is 0 Å². The molecule has 4 rings (SSSR count). The van der Waals surface area contributed by atoms with Gasteiger partial charge in [0.15, 0.2) is 0 Å². The quantitative estimate of drug-likeness (QED) is 0.685. The Morgan fingerprint density at radius 1 is 0.478 bits per heavy atom. The SMILES string of the molecule is C[C@@H]1C[C@@H]2O[C@@H]3CC[C@@H]4O[C@H](C)[C@@H](C)C[C@H]4O[C@H]3C[C@H]2O[C@H]1C. The Bertz CT molecular complexity index is 424. The summed E-state index contributed by atoms with van der Waals surface area (Å²) in [6.07, 6.45) is 7.34. The van der Waals surface area contributed by atoms with Crippen LogP contribution in [-0.2, 0) is 18.9 Å². The molecule has 0 amide bonds. The van der Waals surface area contributed by atoms with Gasteiger partial charge in [-0.05, 0) is 51.4 Å². The number of hydrogen-bond donors (Lipinski definition) is 0. The molecular weight excluding hydrogens is 292 g/mol. The summed E-state index contributed by atoms with van der Waals surface area (Å²) in [6, 6.07) is 0. The van der Waals surface area contributed by atoms with Crippen LogP contribution >= 0.6 is 0 Å². The summed E-state index contributed by atoms with van der Waals surface area (Å²) in [4.78, 5) is 0. The van der Waals surface area contributed by atoms with Gasteiger partial charge in [0.1, 0.15) is 0 Å². The third-order valence-corrected chi connectivity index (χ3v) is 6.73. The second kappa shape index (κ2) is 6.29. The molecule has 0 aliphatic carbocycles. The van der Waals surface area contributed by atoms with E-state index in [-0.39, 0.29) is 36.6 Å². The summed E-state index contributed by atoms with van der Waals surface area (Å²) < 4.78 is 25.4. The second-order valence-electron chi connectivity index (χ2n) is 8.42. The molecular formula is C19H32O4. The highest BCUT2D eigenvalue weighted by Crippen LogP contribution is 2.41. The van der Waals surface area contributed by atoms with Gasteiger partial charge in [-0.1, -0.05) is 13.8 Å². The molecule has 0 aromatic rings. The zero-order chi connectivity index (χ0) is 16.1. The van der Waals surface area contributed by atoms with Crippen LogP contribution in [0.5, 0.6) is 0 Å². The van der Waals surface area contributed by atoms with Crippen LogP contribution in [0.15, 0.2) is 0 Å². The van der Waals surface area contributed by atoms with Gasteiger partial charge in [0.05, 0.1) is 48.8 Å². The molecule has 4 nitrogen and oxygen atoms in total. The maximum atomic E-state index is 6.52. The van der Waals surface area contributed by atoms with E-state index in [4.69, 9.17) is 18.9 Å². The fraction of sp³-hybridized carbons (Fsp3) is 1.00. The van der Waals surface area contributed by atoms with Gasteiger partial charge in [0, 0.05) is 6.42 Å². The lowest BCUT2D eigenvalue weighted by molar-refractivity contribution is -0.247. The highest BCUT2D eigenvalue weighted by molar-refractivity contribution is 4.95. The van der Waals surface area contributed by atoms with Crippen LogP contribution in [-0.4, -0.2) is 48.8 Å². The molecule has 0 N–H and O–H groups in total. The van der Waals surface area contributed by atoms with Gasteiger partial charge in [0.25, 0.3) is 0 Å². The first kappa shape index (κ1) is 16.3. The van der Waals surface area contributed by atoms with E-state index in [1.807, 2.05) is 0 Å². The normalized spacial score (nSPS) is 56.9. The van der Waals surface area contributed by atoms with Crippen molar-refractivity contribution in [1.29, 1.82) is 0 Å². The first-order valence-corrected chi connectivity index (χ1v) is 9.63. The summed E-state index contributed by atoms with van der Waals surface area (Å²) in [7, 11) is 0. The van der Waals surface area contributed by atoms with Crippen molar-refractivity contribution in [1.82, 2.24) is 0 Å². The molecule has 0 aromatic heterocycles. The Morgan fingerprint density at radius 2 is 0.870 bits per heavy atom. The number of rotatable bonds is 0. The van der Waals surface area contributed by atoms with Gasteiger partial charge >= 0.3 is 0 Å². The fourth-order valence-corrected chi connectivity index (χ4v) is 4.81. The summed E-state index contributed by atoms with van der Waals surface area (Å²) in [5.74, 6) is 1.14. The summed E-state index contributed by atoms with van der Waals surface area (Å²) in [5, 5.41) is 0. The Morgan fingerprint density at radius 3 is 1.52 bits per heavy atom. The van der Waals surface area contributed by atoms with E-state index >= 15 is 0 Å². The summed E-state index contributed by atoms with van der Waals surface area (Å²) in [5.41, 5.74) is 0. The molecule has 4 saturated heterocycles. The average molecular weight is 324 g/mol. The lowest BCUT2D eigenvalue weighted by atomic mass is 9.86. The van der Waals surface area contributed by atoms with Crippen molar-refractivity contribution in [2.45, 2.75) is 109 Å². The van der Waals surface area contributed by atoms with E-state index in [1.54, 1.807) is 0 Å². The molecule has 132 valence electrons. The van der Waals surface area contributed by atoms with E-state index in [1.165, 1.54) is 0 Å². The highest BCUT2D eigenvalue weighted by atomic mass is 16.6. The van der Waals surface area contributed by atoms with Crippen LogP contribution in [0.4, 0.5) is 0 Å². The van der Waals surface area contributed by atoms with E-state index in [2.05, 4.69) is 27.7 Å². The standard InChI is InChI=1S/C19H32O4/c1-10-7-16-14(20-12(10)3)5-6-15-18(23-16)9-19-17(22-15)8-11(2)13(4)21-19/h10-19H,5-9H2,1-4H3/t10-,11+,12+,13-,14-,15+,16+,17-,18-,19+/m0/s1. The molecule has 4 aliphatic rings. The van der Waals surface area contributed by atoms with Crippen LogP contribution in [0.1, 0.15) is 59.8 Å². The van der Waals surface area contributed by atoms with Crippen molar-refractivity contribution in [2.24, 2.45) is 11.8 Å². The Hall–Kier alpha value is -0.160. The van der Waals surface area contributed by atoms with E-state index in [0.29, 0.717) is 24.0 Å². The Labute approximate surface area is 140 Å². The molecule has 0 bridgehead atoms. The lowest BCUT2D eigenvalue weighted by Crippen LogP contribution is -2.54. The molecule has 4 fully saturated rings. The molecule has 10 atom stereocenters.